The lowest BCUT2D eigenvalue weighted by Gasteiger charge is -2.34. The van der Waals surface area contributed by atoms with E-state index in [1.54, 1.807) is 6.07 Å². The molecule has 6 nitrogen and oxygen atoms in total. The summed E-state index contributed by atoms with van der Waals surface area (Å²) in [6.07, 6.45) is 4.65. The van der Waals surface area contributed by atoms with Crippen molar-refractivity contribution >= 4 is 5.91 Å². The third-order valence-corrected chi connectivity index (χ3v) is 4.91. The van der Waals surface area contributed by atoms with Crippen LogP contribution in [0.2, 0.25) is 0 Å². The van der Waals surface area contributed by atoms with Crippen LogP contribution < -0.4 is 0 Å². The number of hydrogen-bond acceptors (Lipinski definition) is 5. The SMILES string of the molecule is O=C(c1cc(-c2ccccc2)on1)N1CCN(CCc2ccncc2)CC1. The van der Waals surface area contributed by atoms with Gasteiger partial charge in [-0.3, -0.25) is 14.7 Å². The van der Waals surface area contributed by atoms with E-state index in [1.165, 1.54) is 5.56 Å². The van der Waals surface area contributed by atoms with Crippen molar-refractivity contribution in [2.75, 3.05) is 32.7 Å². The Morgan fingerprint density at radius 1 is 1.00 bits per heavy atom. The van der Waals surface area contributed by atoms with Gasteiger partial charge in [-0.05, 0) is 24.1 Å². The van der Waals surface area contributed by atoms with Gasteiger partial charge in [0.05, 0.1) is 0 Å². The van der Waals surface area contributed by atoms with Gasteiger partial charge in [-0.25, -0.2) is 0 Å². The minimum absolute atomic E-state index is 0.0604. The highest BCUT2D eigenvalue weighted by Gasteiger charge is 2.24. The van der Waals surface area contributed by atoms with Crippen molar-refractivity contribution in [3.63, 3.8) is 0 Å². The van der Waals surface area contributed by atoms with Crippen LogP contribution in [0.1, 0.15) is 16.1 Å². The number of carbonyl (C=O) groups excluding carboxylic acids is 1. The molecule has 1 aliphatic rings. The number of rotatable bonds is 5. The maximum absolute atomic E-state index is 12.7. The molecule has 6 heteroatoms. The summed E-state index contributed by atoms with van der Waals surface area (Å²) < 4.78 is 5.36. The van der Waals surface area contributed by atoms with Crippen LogP contribution in [0, 0.1) is 0 Å². The molecule has 1 saturated heterocycles. The Bertz CT molecular complexity index is 871. The van der Waals surface area contributed by atoms with Crippen molar-refractivity contribution in [3.05, 3.63) is 72.2 Å². The van der Waals surface area contributed by atoms with Gasteiger partial charge in [0.2, 0.25) is 0 Å². The second kappa shape index (κ2) is 8.14. The quantitative estimate of drug-likeness (QED) is 0.698. The third-order valence-electron chi connectivity index (χ3n) is 4.91. The maximum atomic E-state index is 12.7. The first-order valence-corrected chi connectivity index (χ1v) is 9.22. The Labute approximate surface area is 158 Å². The van der Waals surface area contributed by atoms with E-state index in [-0.39, 0.29) is 5.91 Å². The van der Waals surface area contributed by atoms with E-state index in [0.29, 0.717) is 24.5 Å². The van der Waals surface area contributed by atoms with Gasteiger partial charge in [0.1, 0.15) is 0 Å². The Hall–Kier alpha value is -2.99. The van der Waals surface area contributed by atoms with Gasteiger partial charge in [0, 0.05) is 56.7 Å². The van der Waals surface area contributed by atoms with Crippen molar-refractivity contribution in [2.45, 2.75) is 6.42 Å². The number of carbonyl (C=O) groups is 1. The van der Waals surface area contributed by atoms with E-state index >= 15 is 0 Å². The lowest BCUT2D eigenvalue weighted by Crippen LogP contribution is -2.49. The normalized spacial score (nSPS) is 15.0. The molecule has 27 heavy (non-hydrogen) atoms. The summed E-state index contributed by atoms with van der Waals surface area (Å²) in [5.41, 5.74) is 2.59. The Balaban J connectivity index is 1.30. The summed E-state index contributed by atoms with van der Waals surface area (Å²) in [6, 6.07) is 15.5. The highest BCUT2D eigenvalue weighted by molar-refractivity contribution is 5.93. The predicted octanol–water partition coefficient (Wildman–Crippen LogP) is 2.74. The molecule has 3 aromatic rings. The first-order valence-electron chi connectivity index (χ1n) is 9.22. The Morgan fingerprint density at radius 2 is 1.74 bits per heavy atom. The largest absolute Gasteiger partial charge is 0.355 e. The van der Waals surface area contributed by atoms with Crippen LogP contribution in [-0.4, -0.2) is 58.6 Å². The summed E-state index contributed by atoms with van der Waals surface area (Å²) in [4.78, 5) is 21.0. The standard InChI is InChI=1S/C21H22N4O2/c26-21(19-16-20(27-23-19)18-4-2-1-3-5-18)25-14-12-24(13-15-25)11-8-17-6-9-22-10-7-17/h1-7,9-10,16H,8,11-15H2. The fourth-order valence-corrected chi connectivity index (χ4v) is 3.29. The minimum atomic E-state index is -0.0604. The van der Waals surface area contributed by atoms with Crippen LogP contribution in [0.15, 0.2) is 65.4 Å². The Morgan fingerprint density at radius 3 is 2.48 bits per heavy atom. The summed E-state index contributed by atoms with van der Waals surface area (Å²) in [7, 11) is 0. The summed E-state index contributed by atoms with van der Waals surface area (Å²) in [5.74, 6) is 0.560. The van der Waals surface area contributed by atoms with Crippen molar-refractivity contribution < 1.29 is 9.32 Å². The van der Waals surface area contributed by atoms with E-state index in [2.05, 4.69) is 27.2 Å². The zero-order valence-corrected chi connectivity index (χ0v) is 15.1. The number of nitrogens with zero attached hydrogens (tertiary/aromatic N) is 4. The number of hydrogen-bond donors (Lipinski definition) is 0. The molecule has 1 fully saturated rings. The molecule has 0 bridgehead atoms. The zero-order chi connectivity index (χ0) is 18.5. The highest BCUT2D eigenvalue weighted by Crippen LogP contribution is 2.20. The topological polar surface area (TPSA) is 62.5 Å². The molecule has 1 amide bonds. The molecular formula is C21H22N4O2. The molecule has 0 atom stereocenters. The van der Waals surface area contributed by atoms with E-state index in [9.17, 15) is 4.79 Å². The van der Waals surface area contributed by atoms with Crippen LogP contribution in [0.4, 0.5) is 0 Å². The van der Waals surface area contributed by atoms with E-state index in [1.807, 2.05) is 47.6 Å². The van der Waals surface area contributed by atoms with Gasteiger partial charge >= 0.3 is 0 Å². The first-order chi connectivity index (χ1) is 13.3. The third kappa shape index (κ3) is 4.23. The second-order valence-corrected chi connectivity index (χ2v) is 6.68. The van der Waals surface area contributed by atoms with Gasteiger partial charge in [0.15, 0.2) is 11.5 Å². The summed E-state index contributed by atoms with van der Waals surface area (Å²) in [5, 5.41) is 3.98. The molecule has 138 valence electrons. The number of benzene rings is 1. The van der Waals surface area contributed by atoms with E-state index in [0.717, 1.165) is 31.6 Å². The molecule has 0 aliphatic carbocycles. The van der Waals surface area contributed by atoms with E-state index < -0.39 is 0 Å². The Kier molecular flexibility index (Phi) is 5.25. The number of amides is 1. The monoisotopic (exact) mass is 362 g/mol. The molecule has 0 radical (unpaired) electrons. The van der Waals surface area contributed by atoms with Crippen LogP contribution in [0.5, 0.6) is 0 Å². The van der Waals surface area contributed by atoms with Crippen LogP contribution in [-0.2, 0) is 6.42 Å². The molecule has 2 aromatic heterocycles. The van der Waals surface area contributed by atoms with Crippen molar-refractivity contribution in [1.82, 2.24) is 19.9 Å². The fourth-order valence-electron chi connectivity index (χ4n) is 3.29. The molecule has 0 saturated carbocycles. The van der Waals surface area contributed by atoms with Gasteiger partial charge in [-0.1, -0.05) is 35.5 Å². The van der Waals surface area contributed by atoms with Crippen LogP contribution in [0.25, 0.3) is 11.3 Å². The summed E-state index contributed by atoms with van der Waals surface area (Å²) >= 11 is 0. The van der Waals surface area contributed by atoms with Gasteiger partial charge in [-0.2, -0.15) is 0 Å². The molecule has 4 rings (SSSR count). The molecule has 0 spiro atoms. The second-order valence-electron chi connectivity index (χ2n) is 6.68. The van der Waals surface area contributed by atoms with Gasteiger partial charge in [-0.15, -0.1) is 0 Å². The molecule has 0 N–H and O–H groups in total. The molecule has 1 aromatic carbocycles. The van der Waals surface area contributed by atoms with Gasteiger partial charge in [0.25, 0.3) is 5.91 Å². The van der Waals surface area contributed by atoms with Gasteiger partial charge < -0.3 is 9.42 Å². The average Bonchev–Trinajstić information content (AvgIpc) is 3.24. The number of piperazine rings is 1. The average molecular weight is 362 g/mol. The smallest absolute Gasteiger partial charge is 0.276 e. The van der Waals surface area contributed by atoms with Crippen LogP contribution in [0.3, 0.4) is 0 Å². The van der Waals surface area contributed by atoms with E-state index in [4.69, 9.17) is 4.52 Å². The first kappa shape index (κ1) is 17.4. The van der Waals surface area contributed by atoms with Crippen LogP contribution >= 0.6 is 0 Å². The van der Waals surface area contributed by atoms with Crippen molar-refractivity contribution in [3.8, 4) is 11.3 Å². The summed E-state index contributed by atoms with van der Waals surface area (Å²) in [6.45, 7) is 4.17. The number of aromatic nitrogens is 2. The maximum Gasteiger partial charge on any atom is 0.276 e. The molecule has 0 unspecified atom stereocenters. The highest BCUT2D eigenvalue weighted by atomic mass is 16.5. The zero-order valence-electron chi connectivity index (χ0n) is 15.1. The molecule has 3 heterocycles. The predicted molar refractivity (Wildman–Crippen MR) is 102 cm³/mol. The van der Waals surface area contributed by atoms with Crippen molar-refractivity contribution in [1.29, 1.82) is 0 Å². The number of pyridine rings is 1. The molecule has 1 aliphatic heterocycles. The fraction of sp³-hybridized carbons (Fsp3) is 0.286. The van der Waals surface area contributed by atoms with Crippen molar-refractivity contribution in [2.24, 2.45) is 0 Å². The lowest BCUT2D eigenvalue weighted by atomic mass is 10.1. The lowest BCUT2D eigenvalue weighted by molar-refractivity contribution is 0.0628. The minimum Gasteiger partial charge on any atom is -0.355 e. The molecular weight excluding hydrogens is 340 g/mol.